The second-order valence-corrected chi connectivity index (χ2v) is 2.68. The fourth-order valence-corrected chi connectivity index (χ4v) is 1.10. The van der Waals surface area contributed by atoms with Crippen LogP contribution in [0.1, 0.15) is 24.2 Å². The van der Waals surface area contributed by atoms with Crippen molar-refractivity contribution in [3.8, 4) is 5.75 Å². The van der Waals surface area contributed by atoms with Gasteiger partial charge in [-0.1, -0.05) is 13.8 Å². The van der Waals surface area contributed by atoms with Crippen LogP contribution in [0, 0.1) is 20.2 Å². The minimum Gasteiger partial charge on any atom is -0.508 e. The fourth-order valence-electron chi connectivity index (χ4n) is 1.10. The lowest BCUT2D eigenvalue weighted by Gasteiger charge is -2.00. The maximum absolute atomic E-state index is 10.6. The summed E-state index contributed by atoms with van der Waals surface area (Å²) < 4.78 is 0. The lowest BCUT2D eigenvalue weighted by Crippen LogP contribution is -2.05. The largest absolute Gasteiger partial charge is 0.508 e. The quantitative estimate of drug-likeness (QED) is 0.622. The molecule has 1 aromatic carbocycles. The van der Waals surface area contributed by atoms with Gasteiger partial charge >= 0.3 is 17.3 Å². The number of rotatable bonds is 3. The molecule has 0 aromatic heterocycles. The van der Waals surface area contributed by atoms with Gasteiger partial charge in [-0.2, -0.15) is 0 Å². The zero-order valence-electron chi connectivity index (χ0n) is 9.48. The molecule has 1 rings (SSSR count). The van der Waals surface area contributed by atoms with E-state index in [0.717, 1.165) is 0 Å². The van der Waals surface area contributed by atoms with Crippen molar-refractivity contribution < 1.29 is 24.9 Å². The molecule has 0 unspecified atom stereocenters. The molecule has 18 heavy (non-hydrogen) atoms. The van der Waals surface area contributed by atoms with Gasteiger partial charge in [0.1, 0.15) is 11.3 Å². The van der Waals surface area contributed by atoms with Crippen LogP contribution in [0.2, 0.25) is 0 Å². The Bertz CT molecular complexity index is 463. The summed E-state index contributed by atoms with van der Waals surface area (Å²) >= 11 is 0. The van der Waals surface area contributed by atoms with Crippen molar-refractivity contribution in [3.63, 3.8) is 0 Å². The number of carboxylic acids is 1. The van der Waals surface area contributed by atoms with Crippen LogP contribution in [0.3, 0.4) is 0 Å². The molecule has 0 saturated heterocycles. The number of nitro benzene ring substituents is 2. The van der Waals surface area contributed by atoms with Crippen molar-refractivity contribution in [3.05, 3.63) is 37.9 Å². The Hall–Kier alpha value is -2.71. The molecule has 0 aliphatic rings. The Labute approximate surface area is 101 Å². The molecule has 1 aromatic rings. The summed E-state index contributed by atoms with van der Waals surface area (Å²) in [6.07, 6.45) is 0. The van der Waals surface area contributed by atoms with E-state index < -0.39 is 38.5 Å². The zero-order chi connectivity index (χ0) is 14.5. The van der Waals surface area contributed by atoms with E-state index in [1.54, 1.807) is 0 Å². The zero-order valence-corrected chi connectivity index (χ0v) is 9.48. The van der Waals surface area contributed by atoms with Gasteiger partial charge in [0.15, 0.2) is 0 Å². The molecule has 0 saturated carbocycles. The Kier molecular flexibility index (Phi) is 5.21. The second kappa shape index (κ2) is 6.13. The van der Waals surface area contributed by atoms with Crippen LogP contribution in [0.5, 0.6) is 5.75 Å². The molecule has 0 aliphatic carbocycles. The van der Waals surface area contributed by atoms with Crippen molar-refractivity contribution in [1.82, 2.24) is 0 Å². The third-order valence-corrected chi connectivity index (χ3v) is 1.68. The number of carboxylic acid groups (broad SMARTS) is 1. The van der Waals surface area contributed by atoms with Gasteiger partial charge in [0, 0.05) is 6.07 Å². The highest BCUT2D eigenvalue weighted by Crippen LogP contribution is 2.34. The maximum Gasteiger partial charge on any atom is 0.360 e. The van der Waals surface area contributed by atoms with Crippen LogP contribution in [0.25, 0.3) is 0 Å². The van der Waals surface area contributed by atoms with Crippen molar-refractivity contribution in [2.75, 3.05) is 0 Å². The van der Waals surface area contributed by atoms with Gasteiger partial charge in [0.2, 0.25) is 0 Å². The van der Waals surface area contributed by atoms with Gasteiger partial charge in [-0.3, -0.25) is 20.2 Å². The normalized spacial score (nSPS) is 9.00. The molecule has 0 aliphatic heterocycles. The lowest BCUT2D eigenvalue weighted by atomic mass is 10.1. The van der Waals surface area contributed by atoms with Crippen LogP contribution in [-0.2, 0) is 0 Å². The number of aromatic carboxylic acids is 1. The molecule has 98 valence electrons. The Morgan fingerprint density at radius 2 is 1.67 bits per heavy atom. The number of benzene rings is 1. The first-order valence-corrected chi connectivity index (χ1v) is 4.73. The van der Waals surface area contributed by atoms with E-state index >= 15 is 0 Å². The third kappa shape index (κ3) is 3.14. The molecule has 0 spiro atoms. The molecule has 0 bridgehead atoms. The SMILES string of the molecule is CC.O=C(O)c1cc(O)cc([N+](=O)[O-])c1[N+](=O)[O-]. The summed E-state index contributed by atoms with van der Waals surface area (Å²) in [7, 11) is 0. The fraction of sp³-hybridized carbons (Fsp3) is 0.222. The van der Waals surface area contributed by atoms with Crippen molar-refractivity contribution in [2.24, 2.45) is 0 Å². The topological polar surface area (TPSA) is 144 Å². The Morgan fingerprint density at radius 3 is 2.00 bits per heavy atom. The molecule has 0 radical (unpaired) electrons. The van der Waals surface area contributed by atoms with Gasteiger partial charge in [0.05, 0.1) is 15.9 Å². The van der Waals surface area contributed by atoms with Gasteiger partial charge in [-0.25, -0.2) is 4.79 Å². The first kappa shape index (κ1) is 15.3. The lowest BCUT2D eigenvalue weighted by molar-refractivity contribution is -0.422. The molecule has 0 amide bonds. The van der Waals surface area contributed by atoms with E-state index in [0.29, 0.717) is 12.1 Å². The molecule has 0 fully saturated rings. The summed E-state index contributed by atoms with van der Waals surface area (Å²) in [5.41, 5.74) is -3.16. The van der Waals surface area contributed by atoms with Gasteiger partial charge in [-0.15, -0.1) is 0 Å². The van der Waals surface area contributed by atoms with Crippen LogP contribution < -0.4 is 0 Å². The highest BCUT2D eigenvalue weighted by Gasteiger charge is 2.32. The molecule has 0 atom stereocenters. The van der Waals surface area contributed by atoms with Crippen LogP contribution in [0.4, 0.5) is 11.4 Å². The standard InChI is InChI=1S/C7H4N2O7.C2H6/c10-3-1-4(7(11)12)6(9(15)16)5(2-3)8(13)14;1-2/h1-2,10H,(H,11,12);1-2H3. The highest BCUT2D eigenvalue weighted by molar-refractivity contribution is 5.95. The molecule has 9 heteroatoms. The number of nitro groups is 2. The van der Waals surface area contributed by atoms with E-state index in [1.807, 2.05) is 13.8 Å². The number of carbonyl (C=O) groups is 1. The minimum absolute atomic E-state index is 0.518. The number of phenols is 1. The molecular formula is C9H10N2O7. The van der Waals surface area contributed by atoms with Crippen molar-refractivity contribution in [1.29, 1.82) is 0 Å². The Morgan fingerprint density at radius 1 is 1.17 bits per heavy atom. The van der Waals surface area contributed by atoms with Gasteiger partial charge in [0.25, 0.3) is 0 Å². The van der Waals surface area contributed by atoms with Crippen LogP contribution >= 0.6 is 0 Å². The molecule has 0 heterocycles. The predicted octanol–water partition coefficient (Wildman–Crippen LogP) is 1.93. The average Bonchev–Trinajstić information content (AvgIpc) is 2.29. The highest BCUT2D eigenvalue weighted by atomic mass is 16.6. The predicted molar refractivity (Wildman–Crippen MR) is 59.7 cm³/mol. The average molecular weight is 258 g/mol. The summed E-state index contributed by atoms with van der Waals surface area (Å²) in [5, 5.41) is 38.6. The van der Waals surface area contributed by atoms with Crippen LogP contribution in [-0.4, -0.2) is 26.0 Å². The monoisotopic (exact) mass is 258 g/mol. The van der Waals surface area contributed by atoms with Gasteiger partial charge in [-0.05, 0) is 0 Å². The molecular weight excluding hydrogens is 248 g/mol. The number of hydrogen-bond donors (Lipinski definition) is 2. The number of hydrogen-bond acceptors (Lipinski definition) is 6. The smallest absolute Gasteiger partial charge is 0.360 e. The van der Waals surface area contributed by atoms with E-state index in [9.17, 15) is 25.0 Å². The van der Waals surface area contributed by atoms with Crippen LogP contribution in [0.15, 0.2) is 12.1 Å². The van der Waals surface area contributed by atoms with Crippen molar-refractivity contribution in [2.45, 2.75) is 13.8 Å². The van der Waals surface area contributed by atoms with Gasteiger partial charge < -0.3 is 10.2 Å². The summed E-state index contributed by atoms with van der Waals surface area (Å²) in [5.74, 6) is -2.46. The number of phenolic OH excluding ortho intramolecular Hbond substituents is 1. The molecule has 2 N–H and O–H groups in total. The first-order chi connectivity index (χ1) is 8.34. The maximum atomic E-state index is 10.6. The van der Waals surface area contributed by atoms with E-state index in [-0.39, 0.29) is 0 Å². The summed E-state index contributed by atoms with van der Waals surface area (Å²) in [4.78, 5) is 29.3. The number of nitrogens with zero attached hydrogens (tertiary/aromatic N) is 2. The molecule has 9 nitrogen and oxygen atoms in total. The first-order valence-electron chi connectivity index (χ1n) is 4.73. The number of aromatic hydroxyl groups is 1. The van der Waals surface area contributed by atoms with E-state index in [2.05, 4.69) is 0 Å². The third-order valence-electron chi connectivity index (χ3n) is 1.68. The Balaban J connectivity index is 0.00000137. The van der Waals surface area contributed by atoms with Crippen molar-refractivity contribution >= 4 is 17.3 Å². The second-order valence-electron chi connectivity index (χ2n) is 2.68. The summed E-state index contributed by atoms with van der Waals surface area (Å²) in [6.45, 7) is 4.00. The van der Waals surface area contributed by atoms with E-state index in [4.69, 9.17) is 10.2 Å². The summed E-state index contributed by atoms with van der Waals surface area (Å²) in [6, 6.07) is 1.10. The minimum atomic E-state index is -1.73. The van der Waals surface area contributed by atoms with E-state index in [1.165, 1.54) is 0 Å².